The van der Waals surface area contributed by atoms with Gasteiger partial charge in [0.1, 0.15) is 4.64 Å². The molecule has 0 aliphatic rings. The second-order valence-electron chi connectivity index (χ2n) is 1.22. The van der Waals surface area contributed by atoms with E-state index in [4.69, 9.17) is 23.8 Å². The fraction of sp³-hybridized carbons (Fsp3) is 0. The lowest BCUT2D eigenvalue weighted by atomic mass is 10.7. The fourth-order valence-corrected chi connectivity index (χ4v) is 0.718. The first-order valence-corrected chi connectivity index (χ1v) is 2.78. The molecule has 0 radical (unpaired) electrons. The van der Waals surface area contributed by atoms with Crippen LogP contribution in [0.4, 0.5) is 0 Å². The molecule has 0 amide bonds. The van der Waals surface area contributed by atoms with Gasteiger partial charge in [0.2, 0.25) is 5.28 Å². The zero-order valence-electron chi connectivity index (χ0n) is 3.89. The number of hydrogen-bond acceptors (Lipinski definition) is 2. The van der Waals surface area contributed by atoms with Crippen molar-refractivity contribution >= 4 is 23.8 Å². The topological polar surface area (TPSA) is 28.7 Å². The Bertz CT molecular complexity index is 231. The van der Waals surface area contributed by atoms with Gasteiger partial charge in [-0.05, 0) is 17.7 Å². The van der Waals surface area contributed by atoms with Gasteiger partial charge >= 0.3 is 0 Å². The van der Waals surface area contributed by atoms with Crippen LogP contribution in [0.2, 0.25) is 5.28 Å². The van der Waals surface area contributed by atoms with Gasteiger partial charge in [-0.25, -0.2) is 4.98 Å². The number of H-pyrrole nitrogens is 1. The zero-order valence-corrected chi connectivity index (χ0v) is 5.46. The molecule has 0 saturated heterocycles. The van der Waals surface area contributed by atoms with Gasteiger partial charge in [-0.15, -0.1) is 0 Å². The summed E-state index contributed by atoms with van der Waals surface area (Å²) < 4.78 is 0.602. The number of nitrogens with one attached hydrogen (secondary N) is 1. The molecular formula is C4H3ClN2S. The average Bonchev–Trinajstić information content (AvgIpc) is 1.64. The summed E-state index contributed by atoms with van der Waals surface area (Å²) >= 11 is 10.1. The molecule has 1 aromatic heterocycles. The van der Waals surface area contributed by atoms with Crippen LogP contribution in [0.3, 0.4) is 0 Å². The van der Waals surface area contributed by atoms with E-state index in [1.54, 1.807) is 12.3 Å². The largest absolute Gasteiger partial charge is 0.321 e. The van der Waals surface area contributed by atoms with Crippen LogP contribution >= 0.6 is 23.8 Å². The molecular weight excluding hydrogens is 144 g/mol. The van der Waals surface area contributed by atoms with Crippen molar-refractivity contribution in [2.45, 2.75) is 0 Å². The highest BCUT2D eigenvalue weighted by Crippen LogP contribution is 1.94. The zero-order chi connectivity index (χ0) is 5.98. The van der Waals surface area contributed by atoms with Crippen molar-refractivity contribution in [3.05, 3.63) is 22.2 Å². The molecule has 2 nitrogen and oxygen atoms in total. The predicted molar refractivity (Wildman–Crippen MR) is 34.4 cm³/mol. The Morgan fingerprint density at radius 3 is 2.88 bits per heavy atom. The minimum atomic E-state index is 0.331. The number of aromatic nitrogens is 2. The summed E-state index contributed by atoms with van der Waals surface area (Å²) in [5.41, 5.74) is 0. The molecule has 0 aromatic carbocycles. The van der Waals surface area contributed by atoms with Crippen LogP contribution in [0.5, 0.6) is 0 Å². The normalized spacial score (nSPS) is 9.12. The van der Waals surface area contributed by atoms with E-state index >= 15 is 0 Å². The summed E-state index contributed by atoms with van der Waals surface area (Å²) in [6, 6.07) is 1.67. The van der Waals surface area contributed by atoms with Gasteiger partial charge in [0, 0.05) is 6.20 Å². The van der Waals surface area contributed by atoms with E-state index < -0.39 is 0 Å². The maximum Gasteiger partial charge on any atom is 0.200 e. The SMILES string of the molecule is S=c1ccnc(Cl)[nH]1. The number of aromatic amines is 1. The molecule has 0 saturated carbocycles. The quantitative estimate of drug-likeness (QED) is 0.447. The molecule has 1 rings (SSSR count). The smallest absolute Gasteiger partial charge is 0.200 e. The number of hydrogen-bond donors (Lipinski definition) is 1. The maximum atomic E-state index is 5.41. The van der Waals surface area contributed by atoms with Crippen molar-refractivity contribution in [3.8, 4) is 0 Å². The van der Waals surface area contributed by atoms with Gasteiger partial charge in [0.05, 0.1) is 0 Å². The molecule has 0 atom stereocenters. The van der Waals surface area contributed by atoms with Gasteiger partial charge in [-0.1, -0.05) is 12.2 Å². The van der Waals surface area contributed by atoms with Crippen molar-refractivity contribution in [2.75, 3.05) is 0 Å². The van der Waals surface area contributed by atoms with Crippen LogP contribution in [0, 0.1) is 4.64 Å². The van der Waals surface area contributed by atoms with Crippen LogP contribution in [-0.2, 0) is 0 Å². The summed E-state index contributed by atoms with van der Waals surface area (Å²) in [4.78, 5) is 6.32. The average molecular weight is 147 g/mol. The van der Waals surface area contributed by atoms with Gasteiger partial charge in [-0.3, -0.25) is 0 Å². The number of rotatable bonds is 0. The molecule has 1 N–H and O–H groups in total. The van der Waals surface area contributed by atoms with Gasteiger partial charge < -0.3 is 4.98 Å². The summed E-state index contributed by atoms with van der Waals surface area (Å²) in [6.45, 7) is 0. The highest BCUT2D eigenvalue weighted by Gasteiger charge is 1.80. The van der Waals surface area contributed by atoms with Crippen molar-refractivity contribution in [2.24, 2.45) is 0 Å². The minimum absolute atomic E-state index is 0.331. The summed E-state index contributed by atoms with van der Waals surface area (Å²) in [5, 5.41) is 0.331. The van der Waals surface area contributed by atoms with Crippen molar-refractivity contribution in [1.29, 1.82) is 0 Å². The third-order valence-electron chi connectivity index (χ3n) is 0.640. The molecule has 0 bridgehead atoms. The Balaban J connectivity index is 3.28. The highest BCUT2D eigenvalue weighted by atomic mass is 35.5. The first kappa shape index (κ1) is 5.72. The Hall–Kier alpha value is -0.410. The number of halogens is 1. The first-order valence-electron chi connectivity index (χ1n) is 2.00. The van der Waals surface area contributed by atoms with Gasteiger partial charge in [0.25, 0.3) is 0 Å². The highest BCUT2D eigenvalue weighted by molar-refractivity contribution is 7.71. The van der Waals surface area contributed by atoms with E-state index in [9.17, 15) is 0 Å². The molecule has 0 fully saturated rings. The Kier molecular flexibility index (Phi) is 1.60. The monoisotopic (exact) mass is 146 g/mol. The van der Waals surface area contributed by atoms with E-state index in [2.05, 4.69) is 9.97 Å². The lowest BCUT2D eigenvalue weighted by Crippen LogP contribution is -1.77. The molecule has 0 spiro atoms. The third-order valence-corrected chi connectivity index (χ3v) is 1.07. The second-order valence-corrected chi connectivity index (χ2v) is 2.02. The fourth-order valence-electron chi connectivity index (χ4n) is 0.346. The van der Waals surface area contributed by atoms with E-state index in [1.807, 2.05) is 0 Å². The van der Waals surface area contributed by atoms with Crippen LogP contribution in [0.25, 0.3) is 0 Å². The Morgan fingerprint density at radius 2 is 2.50 bits per heavy atom. The van der Waals surface area contributed by atoms with E-state index in [0.717, 1.165) is 0 Å². The standard InChI is InChI=1S/C4H3ClN2S/c5-4-6-2-1-3(8)7-4/h1-2H,(H,6,7,8). The van der Waals surface area contributed by atoms with E-state index in [0.29, 0.717) is 9.92 Å². The van der Waals surface area contributed by atoms with E-state index in [1.165, 1.54) is 0 Å². The lowest BCUT2D eigenvalue weighted by molar-refractivity contribution is 1.15. The first-order chi connectivity index (χ1) is 3.79. The van der Waals surface area contributed by atoms with Crippen LogP contribution in [0.15, 0.2) is 12.3 Å². The predicted octanol–water partition coefficient (Wildman–Crippen LogP) is 1.79. The Labute approximate surface area is 56.5 Å². The molecule has 0 unspecified atom stereocenters. The van der Waals surface area contributed by atoms with E-state index in [-0.39, 0.29) is 0 Å². The maximum absolute atomic E-state index is 5.41. The molecule has 1 heterocycles. The third kappa shape index (κ3) is 1.28. The Morgan fingerprint density at radius 1 is 1.75 bits per heavy atom. The van der Waals surface area contributed by atoms with Crippen LogP contribution in [-0.4, -0.2) is 9.97 Å². The number of nitrogens with zero attached hydrogens (tertiary/aromatic N) is 1. The van der Waals surface area contributed by atoms with Crippen LogP contribution in [0.1, 0.15) is 0 Å². The van der Waals surface area contributed by atoms with Gasteiger partial charge in [-0.2, -0.15) is 0 Å². The van der Waals surface area contributed by atoms with Crippen LogP contribution < -0.4 is 0 Å². The molecule has 4 heteroatoms. The van der Waals surface area contributed by atoms with Crippen molar-refractivity contribution in [1.82, 2.24) is 9.97 Å². The summed E-state index contributed by atoms with van der Waals surface area (Å²) in [5.74, 6) is 0. The molecule has 0 aliphatic heterocycles. The summed E-state index contributed by atoms with van der Waals surface area (Å²) in [7, 11) is 0. The lowest BCUT2D eigenvalue weighted by Gasteiger charge is -1.83. The second kappa shape index (κ2) is 2.24. The van der Waals surface area contributed by atoms with Crippen molar-refractivity contribution < 1.29 is 0 Å². The molecule has 1 aromatic rings. The molecule has 8 heavy (non-hydrogen) atoms. The molecule has 0 aliphatic carbocycles. The van der Waals surface area contributed by atoms with Gasteiger partial charge in [0.15, 0.2) is 0 Å². The molecule has 42 valence electrons. The van der Waals surface area contributed by atoms with Crippen molar-refractivity contribution in [3.63, 3.8) is 0 Å². The summed E-state index contributed by atoms with van der Waals surface area (Å²) in [6.07, 6.45) is 1.56. The minimum Gasteiger partial charge on any atom is -0.321 e.